The molecule has 1 rings (SSSR count). The summed E-state index contributed by atoms with van der Waals surface area (Å²) in [4.78, 5) is 5.13. The summed E-state index contributed by atoms with van der Waals surface area (Å²) in [7, 11) is 2.27. The lowest BCUT2D eigenvalue weighted by atomic mass is 9.85. The molecule has 0 aromatic rings. The van der Waals surface area contributed by atoms with E-state index in [0.717, 1.165) is 12.5 Å². The van der Waals surface area contributed by atoms with Crippen molar-refractivity contribution in [1.29, 1.82) is 0 Å². The van der Waals surface area contributed by atoms with Crippen molar-refractivity contribution in [2.45, 2.75) is 52.0 Å². The zero-order valence-corrected chi connectivity index (χ0v) is 12.9. The largest absolute Gasteiger partial charge is 0.329 e. The Hall–Kier alpha value is -0.120. The molecule has 0 spiro atoms. The molecule has 0 aromatic carbocycles. The highest BCUT2D eigenvalue weighted by atomic mass is 15.2. The van der Waals surface area contributed by atoms with E-state index in [1.807, 2.05) is 0 Å². The molecule has 3 nitrogen and oxygen atoms in total. The van der Waals surface area contributed by atoms with Crippen LogP contribution in [0.15, 0.2) is 0 Å². The molecule has 1 fully saturated rings. The van der Waals surface area contributed by atoms with Crippen LogP contribution < -0.4 is 5.73 Å². The highest BCUT2D eigenvalue weighted by Crippen LogP contribution is 2.27. The minimum atomic E-state index is 0.263. The molecule has 0 radical (unpaired) electrons. The molecule has 0 bridgehead atoms. The fraction of sp³-hybridized carbons (Fsp3) is 1.00. The molecular formula is C15H33N3. The quantitative estimate of drug-likeness (QED) is 0.757. The van der Waals surface area contributed by atoms with Crippen LogP contribution in [0.5, 0.6) is 0 Å². The van der Waals surface area contributed by atoms with Crippen LogP contribution in [0.25, 0.3) is 0 Å². The van der Waals surface area contributed by atoms with Crippen molar-refractivity contribution in [3.8, 4) is 0 Å². The maximum Gasteiger partial charge on any atom is 0.0353 e. The van der Waals surface area contributed by atoms with E-state index in [9.17, 15) is 0 Å². The van der Waals surface area contributed by atoms with Gasteiger partial charge >= 0.3 is 0 Å². The standard InChI is InChI=1S/C15H33N3/c1-5-9-18-11-7-15(13-16,8-12-18)17(4)10-6-14(2)3/h14H,5-13,16H2,1-4H3. The number of likely N-dealkylation sites (N-methyl/N-ethyl adjacent to an activating group) is 1. The van der Waals surface area contributed by atoms with Gasteiger partial charge in [0.25, 0.3) is 0 Å². The predicted molar refractivity (Wildman–Crippen MR) is 79.8 cm³/mol. The molecule has 3 heteroatoms. The van der Waals surface area contributed by atoms with Gasteiger partial charge in [0.05, 0.1) is 0 Å². The summed E-state index contributed by atoms with van der Waals surface area (Å²) in [6.07, 6.45) is 5.01. The zero-order chi connectivity index (χ0) is 13.6. The van der Waals surface area contributed by atoms with E-state index in [-0.39, 0.29) is 5.54 Å². The fourth-order valence-electron chi connectivity index (χ4n) is 2.94. The van der Waals surface area contributed by atoms with E-state index in [1.165, 1.54) is 51.9 Å². The molecule has 0 saturated carbocycles. The molecule has 0 aliphatic carbocycles. The third kappa shape index (κ3) is 4.22. The number of likely N-dealkylation sites (tertiary alicyclic amines) is 1. The summed E-state index contributed by atoms with van der Waals surface area (Å²) >= 11 is 0. The number of rotatable bonds is 7. The SMILES string of the molecule is CCCN1CCC(CN)(N(C)CCC(C)C)CC1. The first-order chi connectivity index (χ1) is 8.54. The van der Waals surface area contributed by atoms with Crippen LogP contribution in [-0.2, 0) is 0 Å². The lowest BCUT2D eigenvalue weighted by molar-refractivity contribution is 0.0426. The Balaban J connectivity index is 2.48. The van der Waals surface area contributed by atoms with E-state index in [0.29, 0.717) is 0 Å². The Bertz CT molecular complexity index is 220. The summed E-state index contributed by atoms with van der Waals surface area (Å²) < 4.78 is 0. The van der Waals surface area contributed by atoms with Crippen molar-refractivity contribution in [3.05, 3.63) is 0 Å². The molecule has 2 N–H and O–H groups in total. The number of piperidine rings is 1. The molecule has 1 saturated heterocycles. The van der Waals surface area contributed by atoms with Gasteiger partial charge in [0, 0.05) is 12.1 Å². The van der Waals surface area contributed by atoms with Gasteiger partial charge in [0.1, 0.15) is 0 Å². The number of nitrogens with two attached hydrogens (primary N) is 1. The Morgan fingerprint density at radius 3 is 2.33 bits per heavy atom. The second-order valence-electron chi connectivity index (χ2n) is 6.37. The topological polar surface area (TPSA) is 32.5 Å². The molecule has 18 heavy (non-hydrogen) atoms. The maximum absolute atomic E-state index is 6.10. The van der Waals surface area contributed by atoms with Crippen molar-refractivity contribution in [2.24, 2.45) is 11.7 Å². The van der Waals surface area contributed by atoms with Crippen LogP contribution in [0.3, 0.4) is 0 Å². The van der Waals surface area contributed by atoms with Gasteiger partial charge in [-0.15, -0.1) is 0 Å². The van der Waals surface area contributed by atoms with Gasteiger partial charge in [0.15, 0.2) is 0 Å². The second kappa shape index (κ2) is 7.46. The molecule has 1 aliphatic heterocycles. The van der Waals surface area contributed by atoms with Crippen molar-refractivity contribution in [1.82, 2.24) is 9.80 Å². The van der Waals surface area contributed by atoms with Gasteiger partial charge in [-0.25, -0.2) is 0 Å². The molecular weight excluding hydrogens is 222 g/mol. The van der Waals surface area contributed by atoms with Crippen LogP contribution in [0, 0.1) is 5.92 Å². The first-order valence-corrected chi connectivity index (χ1v) is 7.67. The fourth-order valence-corrected chi connectivity index (χ4v) is 2.94. The molecule has 1 aliphatic rings. The van der Waals surface area contributed by atoms with Crippen molar-refractivity contribution < 1.29 is 0 Å². The van der Waals surface area contributed by atoms with Gasteiger partial charge in [0.2, 0.25) is 0 Å². The lowest BCUT2D eigenvalue weighted by Crippen LogP contribution is -2.58. The summed E-state index contributed by atoms with van der Waals surface area (Å²) in [5.74, 6) is 0.780. The van der Waals surface area contributed by atoms with Crippen LogP contribution in [-0.4, -0.2) is 55.1 Å². The van der Waals surface area contributed by atoms with Crippen LogP contribution in [0.4, 0.5) is 0 Å². The van der Waals surface area contributed by atoms with E-state index >= 15 is 0 Å². The van der Waals surface area contributed by atoms with Gasteiger partial charge < -0.3 is 10.6 Å². The average molecular weight is 255 g/mol. The molecule has 0 aromatic heterocycles. The van der Waals surface area contributed by atoms with Gasteiger partial charge in [-0.05, 0) is 64.8 Å². The van der Waals surface area contributed by atoms with E-state index in [2.05, 4.69) is 37.6 Å². The third-order valence-electron chi connectivity index (χ3n) is 4.56. The Kier molecular flexibility index (Phi) is 6.61. The van der Waals surface area contributed by atoms with Gasteiger partial charge in [-0.2, -0.15) is 0 Å². The molecule has 0 unspecified atom stereocenters. The van der Waals surface area contributed by atoms with Gasteiger partial charge in [-0.3, -0.25) is 4.90 Å². The predicted octanol–water partition coefficient (Wildman–Crippen LogP) is 2.17. The monoisotopic (exact) mass is 255 g/mol. The average Bonchev–Trinajstić information content (AvgIpc) is 2.37. The number of hydrogen-bond donors (Lipinski definition) is 1. The Labute approximate surface area is 114 Å². The maximum atomic E-state index is 6.10. The first kappa shape index (κ1) is 15.9. The van der Waals surface area contributed by atoms with E-state index < -0.39 is 0 Å². The Morgan fingerprint density at radius 2 is 1.89 bits per heavy atom. The highest BCUT2D eigenvalue weighted by Gasteiger charge is 2.36. The van der Waals surface area contributed by atoms with Gasteiger partial charge in [-0.1, -0.05) is 20.8 Å². The van der Waals surface area contributed by atoms with Crippen LogP contribution in [0.1, 0.15) is 46.5 Å². The van der Waals surface area contributed by atoms with Crippen molar-refractivity contribution >= 4 is 0 Å². The van der Waals surface area contributed by atoms with E-state index in [1.54, 1.807) is 0 Å². The van der Waals surface area contributed by atoms with Crippen molar-refractivity contribution in [3.63, 3.8) is 0 Å². The molecule has 1 heterocycles. The third-order valence-corrected chi connectivity index (χ3v) is 4.56. The van der Waals surface area contributed by atoms with Crippen LogP contribution in [0.2, 0.25) is 0 Å². The molecule has 0 atom stereocenters. The summed E-state index contributed by atoms with van der Waals surface area (Å²) in [6.45, 7) is 12.5. The Morgan fingerprint density at radius 1 is 1.28 bits per heavy atom. The molecule has 0 amide bonds. The lowest BCUT2D eigenvalue weighted by Gasteiger charge is -2.47. The van der Waals surface area contributed by atoms with Crippen molar-refractivity contribution in [2.75, 3.05) is 39.8 Å². The first-order valence-electron chi connectivity index (χ1n) is 7.67. The normalized spacial score (nSPS) is 20.8. The number of hydrogen-bond acceptors (Lipinski definition) is 3. The minimum absolute atomic E-state index is 0.263. The van der Waals surface area contributed by atoms with Crippen LogP contribution >= 0.6 is 0 Å². The smallest absolute Gasteiger partial charge is 0.0353 e. The summed E-state index contributed by atoms with van der Waals surface area (Å²) in [6, 6.07) is 0. The number of nitrogens with zero attached hydrogens (tertiary/aromatic N) is 2. The zero-order valence-electron chi connectivity index (χ0n) is 12.9. The minimum Gasteiger partial charge on any atom is -0.329 e. The highest BCUT2D eigenvalue weighted by molar-refractivity contribution is 4.95. The summed E-state index contributed by atoms with van der Waals surface area (Å²) in [5.41, 5.74) is 6.37. The van der Waals surface area contributed by atoms with E-state index in [4.69, 9.17) is 5.73 Å². The molecule has 108 valence electrons. The second-order valence-corrected chi connectivity index (χ2v) is 6.37. The summed E-state index contributed by atoms with van der Waals surface area (Å²) in [5, 5.41) is 0.